The van der Waals surface area contributed by atoms with Gasteiger partial charge in [-0.25, -0.2) is 4.79 Å². The highest BCUT2D eigenvalue weighted by atomic mass is 16.2. The molecule has 0 atom stereocenters. The molecule has 1 fully saturated rings. The molecule has 2 aromatic rings. The van der Waals surface area contributed by atoms with Crippen molar-refractivity contribution in [2.75, 3.05) is 20.1 Å². The molecule has 0 spiro atoms. The zero-order valence-corrected chi connectivity index (χ0v) is 15.4. The van der Waals surface area contributed by atoms with Gasteiger partial charge >= 0.3 is 6.03 Å². The Bertz CT molecular complexity index is 936. The van der Waals surface area contributed by atoms with Crippen LogP contribution in [0.3, 0.4) is 0 Å². The van der Waals surface area contributed by atoms with Crippen LogP contribution in [0.4, 0.5) is 4.79 Å². The monoisotopic (exact) mass is 363 g/mol. The molecule has 0 N–H and O–H groups in total. The van der Waals surface area contributed by atoms with E-state index in [4.69, 9.17) is 0 Å². The van der Waals surface area contributed by atoms with Crippen LogP contribution >= 0.6 is 0 Å². The van der Waals surface area contributed by atoms with Crippen LogP contribution in [-0.2, 0) is 17.9 Å². The van der Waals surface area contributed by atoms with Crippen LogP contribution in [-0.4, -0.2) is 52.7 Å². The van der Waals surface area contributed by atoms with Gasteiger partial charge in [-0.2, -0.15) is 0 Å². The van der Waals surface area contributed by atoms with Gasteiger partial charge in [0.1, 0.15) is 6.54 Å². The Kier molecular flexibility index (Phi) is 4.18. The average molecular weight is 363 g/mol. The first-order valence-electron chi connectivity index (χ1n) is 9.05. The number of imide groups is 1. The number of carbonyl (C=O) groups is 3. The maximum absolute atomic E-state index is 12.2. The van der Waals surface area contributed by atoms with Gasteiger partial charge in [0.2, 0.25) is 5.91 Å². The van der Waals surface area contributed by atoms with Gasteiger partial charge in [0.25, 0.3) is 5.91 Å². The van der Waals surface area contributed by atoms with Crippen molar-refractivity contribution in [2.45, 2.75) is 20.0 Å². The smallest absolute Gasteiger partial charge is 0.327 e. The van der Waals surface area contributed by atoms with Crippen molar-refractivity contribution in [2.24, 2.45) is 0 Å². The lowest BCUT2D eigenvalue weighted by atomic mass is 9.99. The van der Waals surface area contributed by atoms with Crippen LogP contribution in [0.1, 0.15) is 28.4 Å². The summed E-state index contributed by atoms with van der Waals surface area (Å²) in [4.78, 5) is 40.6. The minimum Gasteiger partial charge on any atom is -0.337 e. The number of benzene rings is 2. The number of amides is 4. The molecule has 0 saturated carbocycles. The lowest BCUT2D eigenvalue weighted by Crippen LogP contribution is -2.32. The molecule has 0 radical (unpaired) electrons. The van der Waals surface area contributed by atoms with Crippen LogP contribution in [0.15, 0.2) is 42.5 Å². The van der Waals surface area contributed by atoms with Crippen LogP contribution in [0.25, 0.3) is 11.1 Å². The summed E-state index contributed by atoms with van der Waals surface area (Å²) in [6.45, 7) is 3.41. The van der Waals surface area contributed by atoms with Crippen molar-refractivity contribution in [3.63, 3.8) is 0 Å². The van der Waals surface area contributed by atoms with E-state index in [2.05, 4.69) is 6.07 Å². The SMILES string of the molecule is CCN1C(=O)CN(Cc2ccc(-c3ccc4c(c3)CN(C)C4=O)cc2)C1=O. The number of carbonyl (C=O) groups excluding carboxylic acids is 3. The van der Waals surface area contributed by atoms with Gasteiger partial charge in [0.15, 0.2) is 0 Å². The fourth-order valence-corrected chi connectivity index (χ4v) is 3.70. The van der Waals surface area contributed by atoms with Gasteiger partial charge in [-0.1, -0.05) is 30.3 Å². The van der Waals surface area contributed by atoms with Crippen molar-refractivity contribution in [3.8, 4) is 11.1 Å². The molecule has 0 aliphatic carbocycles. The number of likely N-dealkylation sites (N-methyl/N-ethyl adjacent to an activating group) is 1. The largest absolute Gasteiger partial charge is 0.337 e. The highest BCUT2D eigenvalue weighted by Gasteiger charge is 2.34. The average Bonchev–Trinajstić information content (AvgIpc) is 3.10. The molecule has 0 bridgehead atoms. The van der Waals surface area contributed by atoms with Crippen LogP contribution in [0, 0.1) is 0 Å². The predicted octanol–water partition coefficient (Wildman–Crippen LogP) is 2.72. The third kappa shape index (κ3) is 2.97. The third-order valence-corrected chi connectivity index (χ3v) is 5.20. The van der Waals surface area contributed by atoms with Crippen molar-refractivity contribution in [3.05, 3.63) is 59.2 Å². The molecule has 0 aromatic heterocycles. The summed E-state index contributed by atoms with van der Waals surface area (Å²) in [5, 5.41) is 0. The van der Waals surface area contributed by atoms with E-state index in [-0.39, 0.29) is 24.4 Å². The van der Waals surface area contributed by atoms with Crippen LogP contribution in [0.2, 0.25) is 0 Å². The Morgan fingerprint density at radius 2 is 1.63 bits per heavy atom. The van der Waals surface area contributed by atoms with E-state index < -0.39 is 0 Å². The zero-order valence-electron chi connectivity index (χ0n) is 15.4. The third-order valence-electron chi connectivity index (χ3n) is 5.20. The molecule has 6 nitrogen and oxygen atoms in total. The lowest BCUT2D eigenvalue weighted by molar-refractivity contribution is -0.125. The summed E-state index contributed by atoms with van der Waals surface area (Å²) in [6.07, 6.45) is 0. The van der Waals surface area contributed by atoms with E-state index in [1.165, 1.54) is 4.90 Å². The van der Waals surface area contributed by atoms with E-state index in [0.29, 0.717) is 19.6 Å². The molecule has 1 saturated heterocycles. The Morgan fingerprint density at radius 3 is 2.30 bits per heavy atom. The first kappa shape index (κ1) is 17.3. The molecule has 2 aromatic carbocycles. The molecule has 6 heteroatoms. The number of urea groups is 1. The summed E-state index contributed by atoms with van der Waals surface area (Å²) in [6, 6.07) is 13.7. The van der Waals surface area contributed by atoms with Gasteiger partial charge in [-0.3, -0.25) is 14.5 Å². The second-order valence-corrected chi connectivity index (χ2v) is 7.01. The summed E-state index contributed by atoms with van der Waals surface area (Å²) in [5.74, 6) is -0.0744. The van der Waals surface area contributed by atoms with Crippen LogP contribution in [0.5, 0.6) is 0 Å². The number of hydrogen-bond acceptors (Lipinski definition) is 3. The van der Waals surface area contributed by atoms with Crippen molar-refractivity contribution in [1.29, 1.82) is 0 Å². The molecule has 138 valence electrons. The first-order chi connectivity index (χ1) is 13.0. The van der Waals surface area contributed by atoms with Crippen molar-refractivity contribution >= 4 is 17.8 Å². The Morgan fingerprint density at radius 1 is 0.926 bits per heavy atom. The fourth-order valence-electron chi connectivity index (χ4n) is 3.70. The number of nitrogens with zero attached hydrogens (tertiary/aromatic N) is 3. The predicted molar refractivity (Wildman–Crippen MR) is 101 cm³/mol. The Labute approximate surface area is 158 Å². The van der Waals surface area contributed by atoms with Gasteiger partial charge in [-0.05, 0) is 41.3 Å². The fraction of sp³-hybridized carbons (Fsp3) is 0.286. The topological polar surface area (TPSA) is 60.9 Å². The molecule has 2 aliphatic rings. The molecule has 4 rings (SSSR count). The minimum atomic E-state index is -0.223. The van der Waals surface area contributed by atoms with E-state index in [1.807, 2.05) is 36.4 Å². The van der Waals surface area contributed by atoms with Gasteiger partial charge in [0, 0.05) is 32.2 Å². The molecular formula is C21H21N3O3. The standard InChI is InChI=1S/C21H21N3O3/c1-3-24-19(25)13-23(21(24)27)11-14-4-6-15(7-5-14)16-8-9-18-17(10-16)12-22(2)20(18)26/h4-10H,3,11-13H2,1-2H3. The van der Waals surface area contributed by atoms with E-state index in [9.17, 15) is 14.4 Å². The van der Waals surface area contributed by atoms with Crippen LogP contribution < -0.4 is 0 Å². The molecule has 2 aliphatic heterocycles. The number of rotatable bonds is 4. The zero-order chi connectivity index (χ0) is 19.1. The van der Waals surface area contributed by atoms with Crippen molar-refractivity contribution < 1.29 is 14.4 Å². The second-order valence-electron chi connectivity index (χ2n) is 7.01. The van der Waals surface area contributed by atoms with Gasteiger partial charge < -0.3 is 9.80 Å². The van der Waals surface area contributed by atoms with E-state index in [0.717, 1.165) is 27.8 Å². The molecule has 4 amide bonds. The maximum Gasteiger partial charge on any atom is 0.327 e. The second kappa shape index (κ2) is 6.54. The molecular weight excluding hydrogens is 342 g/mol. The summed E-state index contributed by atoms with van der Waals surface area (Å²) in [7, 11) is 1.81. The van der Waals surface area contributed by atoms with Crippen molar-refractivity contribution in [1.82, 2.24) is 14.7 Å². The summed E-state index contributed by atoms with van der Waals surface area (Å²) >= 11 is 0. The van der Waals surface area contributed by atoms with E-state index >= 15 is 0 Å². The van der Waals surface area contributed by atoms with Gasteiger partial charge in [0.05, 0.1) is 0 Å². The van der Waals surface area contributed by atoms with E-state index in [1.54, 1.807) is 23.8 Å². The number of fused-ring (bicyclic) bond motifs is 1. The summed E-state index contributed by atoms with van der Waals surface area (Å²) in [5.41, 5.74) is 4.92. The highest BCUT2D eigenvalue weighted by Crippen LogP contribution is 2.28. The maximum atomic E-state index is 12.2. The number of hydrogen-bond donors (Lipinski definition) is 0. The highest BCUT2D eigenvalue weighted by molar-refractivity contribution is 6.02. The Hall–Kier alpha value is -3.15. The minimum absolute atomic E-state index is 0.0675. The molecule has 0 unspecified atom stereocenters. The molecule has 27 heavy (non-hydrogen) atoms. The normalized spacial score (nSPS) is 16.5. The molecule has 2 heterocycles. The summed E-state index contributed by atoms with van der Waals surface area (Å²) < 4.78 is 0. The Balaban J connectivity index is 1.50. The first-order valence-corrected chi connectivity index (χ1v) is 9.05. The quantitative estimate of drug-likeness (QED) is 0.785. The van der Waals surface area contributed by atoms with Gasteiger partial charge in [-0.15, -0.1) is 0 Å². The lowest BCUT2D eigenvalue weighted by Gasteiger charge is -2.16.